The zero-order valence-corrected chi connectivity index (χ0v) is 11.7. The van der Waals surface area contributed by atoms with Crippen molar-refractivity contribution in [1.82, 2.24) is 5.73 Å². The van der Waals surface area contributed by atoms with Gasteiger partial charge in [-0.15, -0.1) is 0 Å². The van der Waals surface area contributed by atoms with Crippen LogP contribution in [0.2, 0.25) is 0 Å². The first kappa shape index (κ1) is 16.0. The molecule has 0 saturated carbocycles. The summed E-state index contributed by atoms with van der Waals surface area (Å²) in [6.07, 6.45) is 13.6. The number of hydrogen-bond acceptors (Lipinski definition) is 0. The predicted molar refractivity (Wildman–Crippen MR) is 73.6 cm³/mol. The maximum Gasteiger partial charge on any atom is 0.0236 e. The Bertz CT molecular complexity index is 131. The molecule has 1 unspecified atom stereocenters. The second kappa shape index (κ2) is 11.4. The Balaban J connectivity index is 3.04. The summed E-state index contributed by atoms with van der Waals surface area (Å²) in [5.41, 5.74) is 7.82. The molecule has 1 heteroatoms. The van der Waals surface area contributed by atoms with E-state index in [-0.39, 0.29) is 6.04 Å². The molecule has 1 atom stereocenters. The summed E-state index contributed by atoms with van der Waals surface area (Å²) in [5.74, 6) is 0.536. The van der Waals surface area contributed by atoms with Gasteiger partial charge in [-0.3, -0.25) is 5.73 Å². The van der Waals surface area contributed by atoms with E-state index in [1.807, 2.05) is 0 Å². The number of hydrogen-bond donors (Lipinski definition) is 0. The van der Waals surface area contributed by atoms with Crippen molar-refractivity contribution in [3.8, 4) is 0 Å². The molecule has 0 saturated heterocycles. The molecule has 1 nitrogen and oxygen atoms in total. The van der Waals surface area contributed by atoms with Gasteiger partial charge in [0.15, 0.2) is 0 Å². The van der Waals surface area contributed by atoms with Gasteiger partial charge in [0.1, 0.15) is 0 Å². The van der Waals surface area contributed by atoms with Gasteiger partial charge in [0.2, 0.25) is 0 Å². The first-order chi connectivity index (χ1) is 7.68. The molecular weight excluding hydrogens is 194 g/mol. The van der Waals surface area contributed by atoms with Gasteiger partial charge in [-0.1, -0.05) is 78.6 Å². The molecule has 0 spiro atoms. The fraction of sp³-hybridized carbons (Fsp3) is 1.00. The van der Waals surface area contributed by atoms with E-state index in [1.165, 1.54) is 57.8 Å². The SMILES string of the molecule is CCCCCCCCCCCC([NH])C(C)C. The summed E-state index contributed by atoms with van der Waals surface area (Å²) in [6.45, 7) is 6.59. The Morgan fingerprint density at radius 1 is 0.750 bits per heavy atom. The highest BCUT2D eigenvalue weighted by atomic mass is 14.6. The molecule has 0 aliphatic heterocycles. The van der Waals surface area contributed by atoms with E-state index in [2.05, 4.69) is 20.8 Å². The molecule has 0 aliphatic carbocycles. The van der Waals surface area contributed by atoms with Crippen LogP contribution in [0.5, 0.6) is 0 Å². The maximum absolute atomic E-state index is 7.82. The lowest BCUT2D eigenvalue weighted by Gasteiger charge is -2.13. The Morgan fingerprint density at radius 3 is 1.62 bits per heavy atom. The number of unbranched alkanes of at least 4 members (excludes halogenated alkanes) is 8. The summed E-state index contributed by atoms with van der Waals surface area (Å²) in [7, 11) is 0. The molecule has 0 rings (SSSR count). The van der Waals surface area contributed by atoms with Crippen molar-refractivity contribution in [2.75, 3.05) is 0 Å². The number of rotatable bonds is 11. The van der Waals surface area contributed by atoms with E-state index in [0.29, 0.717) is 5.92 Å². The quantitative estimate of drug-likeness (QED) is 0.432. The van der Waals surface area contributed by atoms with Crippen LogP contribution in [-0.4, -0.2) is 6.04 Å². The minimum Gasteiger partial charge on any atom is -0.254 e. The summed E-state index contributed by atoms with van der Waals surface area (Å²) in [5, 5.41) is 0. The van der Waals surface area contributed by atoms with Crippen molar-refractivity contribution in [2.24, 2.45) is 5.92 Å². The summed E-state index contributed by atoms with van der Waals surface area (Å²) < 4.78 is 0. The molecule has 0 aromatic rings. The molecule has 0 aromatic heterocycles. The minimum atomic E-state index is 0.171. The highest BCUT2D eigenvalue weighted by Gasteiger charge is 2.06. The van der Waals surface area contributed by atoms with Gasteiger partial charge in [-0.25, -0.2) is 0 Å². The van der Waals surface area contributed by atoms with Crippen LogP contribution in [-0.2, 0) is 0 Å². The normalized spacial score (nSPS) is 13.3. The second-order valence-electron chi connectivity index (χ2n) is 5.47. The lowest BCUT2D eigenvalue weighted by atomic mass is 9.98. The van der Waals surface area contributed by atoms with Gasteiger partial charge in [0.25, 0.3) is 0 Å². The van der Waals surface area contributed by atoms with Crippen LogP contribution in [0, 0.1) is 5.92 Å². The predicted octanol–water partition coefficient (Wildman–Crippen LogP) is 5.21. The van der Waals surface area contributed by atoms with Gasteiger partial charge >= 0.3 is 0 Å². The second-order valence-corrected chi connectivity index (χ2v) is 5.47. The fourth-order valence-corrected chi connectivity index (χ4v) is 2.01. The van der Waals surface area contributed by atoms with Gasteiger partial charge < -0.3 is 0 Å². The Kier molecular flexibility index (Phi) is 11.4. The molecular formula is C15H32N. The molecule has 1 radical (unpaired) electrons. The first-order valence-electron chi connectivity index (χ1n) is 7.39. The molecule has 0 aromatic carbocycles. The molecule has 97 valence electrons. The first-order valence-corrected chi connectivity index (χ1v) is 7.39. The Hall–Kier alpha value is -0.0400. The Labute approximate surface area is 103 Å². The molecule has 0 aliphatic rings. The standard InChI is InChI=1S/C15H32N/c1-4-5-6-7-8-9-10-11-12-13-15(16)14(2)3/h14-16H,4-13H2,1-3H3. The van der Waals surface area contributed by atoms with Gasteiger partial charge in [-0.05, 0) is 12.3 Å². The highest BCUT2D eigenvalue weighted by molar-refractivity contribution is 4.64. The number of nitrogens with one attached hydrogen (secondary N) is 1. The Morgan fingerprint density at radius 2 is 1.19 bits per heavy atom. The topological polar surface area (TPSA) is 23.8 Å². The van der Waals surface area contributed by atoms with E-state index in [0.717, 1.165) is 6.42 Å². The summed E-state index contributed by atoms with van der Waals surface area (Å²) >= 11 is 0. The third-order valence-electron chi connectivity index (χ3n) is 3.42. The molecule has 0 bridgehead atoms. The van der Waals surface area contributed by atoms with Crippen LogP contribution in [0.1, 0.15) is 85.0 Å². The van der Waals surface area contributed by atoms with E-state index in [1.54, 1.807) is 0 Å². The van der Waals surface area contributed by atoms with Crippen molar-refractivity contribution in [2.45, 2.75) is 91.0 Å². The van der Waals surface area contributed by atoms with Crippen molar-refractivity contribution < 1.29 is 0 Å². The maximum atomic E-state index is 7.82. The summed E-state index contributed by atoms with van der Waals surface area (Å²) in [4.78, 5) is 0. The minimum absolute atomic E-state index is 0.171. The zero-order chi connectivity index (χ0) is 12.2. The average molecular weight is 226 g/mol. The van der Waals surface area contributed by atoms with E-state index in [4.69, 9.17) is 5.73 Å². The molecule has 16 heavy (non-hydrogen) atoms. The monoisotopic (exact) mass is 226 g/mol. The van der Waals surface area contributed by atoms with Crippen molar-refractivity contribution in [3.63, 3.8) is 0 Å². The lowest BCUT2D eigenvalue weighted by molar-refractivity contribution is 0.428. The fourth-order valence-electron chi connectivity index (χ4n) is 2.01. The van der Waals surface area contributed by atoms with Gasteiger partial charge in [0.05, 0.1) is 0 Å². The van der Waals surface area contributed by atoms with E-state index >= 15 is 0 Å². The van der Waals surface area contributed by atoms with Crippen LogP contribution in [0.3, 0.4) is 0 Å². The lowest BCUT2D eigenvalue weighted by Crippen LogP contribution is -2.16. The smallest absolute Gasteiger partial charge is 0.0236 e. The van der Waals surface area contributed by atoms with Crippen molar-refractivity contribution in [1.29, 1.82) is 0 Å². The van der Waals surface area contributed by atoms with Crippen LogP contribution in [0.15, 0.2) is 0 Å². The highest BCUT2D eigenvalue weighted by Crippen LogP contribution is 2.13. The van der Waals surface area contributed by atoms with E-state index < -0.39 is 0 Å². The van der Waals surface area contributed by atoms with Crippen molar-refractivity contribution in [3.05, 3.63) is 0 Å². The molecule has 0 amide bonds. The summed E-state index contributed by atoms with van der Waals surface area (Å²) in [6, 6.07) is 0.171. The van der Waals surface area contributed by atoms with Crippen LogP contribution < -0.4 is 5.73 Å². The molecule has 0 heterocycles. The van der Waals surface area contributed by atoms with Crippen molar-refractivity contribution >= 4 is 0 Å². The largest absolute Gasteiger partial charge is 0.254 e. The van der Waals surface area contributed by atoms with Gasteiger partial charge in [0, 0.05) is 6.04 Å². The van der Waals surface area contributed by atoms with Crippen LogP contribution in [0.4, 0.5) is 0 Å². The average Bonchev–Trinajstić information content (AvgIpc) is 2.26. The van der Waals surface area contributed by atoms with Crippen LogP contribution >= 0.6 is 0 Å². The van der Waals surface area contributed by atoms with Crippen LogP contribution in [0.25, 0.3) is 0 Å². The molecule has 0 fully saturated rings. The van der Waals surface area contributed by atoms with Gasteiger partial charge in [-0.2, -0.15) is 0 Å². The van der Waals surface area contributed by atoms with E-state index in [9.17, 15) is 0 Å². The zero-order valence-electron chi connectivity index (χ0n) is 11.7. The third kappa shape index (κ3) is 10.5. The third-order valence-corrected chi connectivity index (χ3v) is 3.42. The molecule has 1 N–H and O–H groups in total.